The molecule has 0 saturated carbocycles. The van der Waals surface area contributed by atoms with E-state index in [0.29, 0.717) is 6.54 Å². The van der Waals surface area contributed by atoms with Gasteiger partial charge in [0.15, 0.2) is 0 Å². The molecule has 3 N–H and O–H groups in total. The lowest BCUT2D eigenvalue weighted by Gasteiger charge is -2.34. The zero-order valence-electron chi connectivity index (χ0n) is 7.55. The van der Waals surface area contributed by atoms with Crippen molar-refractivity contribution in [3.63, 3.8) is 0 Å². The van der Waals surface area contributed by atoms with E-state index in [2.05, 4.69) is 5.32 Å². The van der Waals surface area contributed by atoms with Crippen LogP contribution in [0.1, 0.15) is 19.3 Å². The number of nitrogens with zero attached hydrogens (tertiary/aromatic N) is 1. The highest BCUT2D eigenvalue weighted by atomic mass is 16.2. The van der Waals surface area contributed by atoms with Crippen molar-refractivity contribution in [2.75, 3.05) is 20.1 Å². The molecule has 0 aromatic rings. The lowest BCUT2D eigenvalue weighted by Crippen LogP contribution is -2.50. The van der Waals surface area contributed by atoms with E-state index < -0.39 is 0 Å². The highest BCUT2D eigenvalue weighted by molar-refractivity contribution is 5.74. The van der Waals surface area contributed by atoms with Gasteiger partial charge in [-0.1, -0.05) is 0 Å². The summed E-state index contributed by atoms with van der Waals surface area (Å²) in [5, 5.41) is 2.63. The lowest BCUT2D eigenvalue weighted by molar-refractivity contribution is 0.156. The van der Waals surface area contributed by atoms with E-state index in [9.17, 15) is 4.79 Å². The molecule has 70 valence electrons. The molecular formula is C8H17N3O. The van der Waals surface area contributed by atoms with Crippen molar-refractivity contribution in [3.8, 4) is 0 Å². The summed E-state index contributed by atoms with van der Waals surface area (Å²) in [6.45, 7) is 1.43. The van der Waals surface area contributed by atoms with Gasteiger partial charge in [-0.15, -0.1) is 0 Å². The molecule has 2 amide bonds. The summed E-state index contributed by atoms with van der Waals surface area (Å²) in [5.74, 6) is 0. The Hall–Kier alpha value is -0.770. The third kappa shape index (κ3) is 1.88. The van der Waals surface area contributed by atoms with Crippen LogP contribution in [0.25, 0.3) is 0 Å². The first kappa shape index (κ1) is 9.32. The van der Waals surface area contributed by atoms with Crippen molar-refractivity contribution >= 4 is 6.03 Å². The fourth-order valence-corrected chi connectivity index (χ4v) is 1.66. The number of urea groups is 1. The second-order valence-electron chi connectivity index (χ2n) is 3.13. The standard InChI is InChI=1S/C8H17N3O/c1-10-8(12)11-5-3-2-4-7(11)6-9/h7H,2-6,9H2,1H3,(H,10,12). The molecule has 0 aliphatic carbocycles. The summed E-state index contributed by atoms with van der Waals surface area (Å²) in [5.41, 5.74) is 5.56. The molecule has 0 aromatic heterocycles. The van der Waals surface area contributed by atoms with Gasteiger partial charge in [0.2, 0.25) is 0 Å². The van der Waals surface area contributed by atoms with E-state index in [4.69, 9.17) is 5.73 Å². The van der Waals surface area contributed by atoms with Gasteiger partial charge < -0.3 is 16.0 Å². The minimum atomic E-state index is 0.00477. The molecule has 4 nitrogen and oxygen atoms in total. The highest BCUT2D eigenvalue weighted by Crippen LogP contribution is 2.15. The van der Waals surface area contributed by atoms with Gasteiger partial charge in [-0.2, -0.15) is 0 Å². The maximum Gasteiger partial charge on any atom is 0.317 e. The van der Waals surface area contributed by atoms with Gasteiger partial charge in [0.05, 0.1) is 0 Å². The van der Waals surface area contributed by atoms with Gasteiger partial charge in [-0.05, 0) is 19.3 Å². The lowest BCUT2D eigenvalue weighted by atomic mass is 10.0. The molecule has 1 aliphatic rings. The number of piperidine rings is 1. The SMILES string of the molecule is CNC(=O)N1CCCCC1CN. The molecule has 0 radical (unpaired) electrons. The fourth-order valence-electron chi connectivity index (χ4n) is 1.66. The Labute approximate surface area is 73.1 Å². The van der Waals surface area contributed by atoms with Crippen LogP contribution in [0.4, 0.5) is 4.79 Å². The number of likely N-dealkylation sites (tertiary alicyclic amines) is 1. The van der Waals surface area contributed by atoms with Crippen molar-refractivity contribution in [2.24, 2.45) is 5.73 Å². The first-order chi connectivity index (χ1) is 5.79. The molecule has 0 aromatic carbocycles. The van der Waals surface area contributed by atoms with Crippen LogP contribution in [0.3, 0.4) is 0 Å². The fraction of sp³-hybridized carbons (Fsp3) is 0.875. The Morgan fingerprint density at radius 1 is 1.67 bits per heavy atom. The third-order valence-electron chi connectivity index (χ3n) is 2.37. The van der Waals surface area contributed by atoms with Crippen LogP contribution < -0.4 is 11.1 Å². The minimum Gasteiger partial charge on any atom is -0.341 e. The van der Waals surface area contributed by atoms with Gasteiger partial charge in [0.25, 0.3) is 0 Å². The van der Waals surface area contributed by atoms with E-state index in [-0.39, 0.29) is 12.1 Å². The number of rotatable bonds is 1. The second-order valence-corrected chi connectivity index (χ2v) is 3.13. The molecule has 4 heteroatoms. The van der Waals surface area contributed by atoms with Gasteiger partial charge in [0, 0.05) is 26.2 Å². The molecule has 1 aliphatic heterocycles. The molecule has 1 fully saturated rings. The average Bonchev–Trinajstić information content (AvgIpc) is 2.16. The quantitative estimate of drug-likeness (QED) is 0.589. The predicted octanol–water partition coefficient (Wildman–Crippen LogP) is 0.139. The molecule has 1 rings (SSSR count). The van der Waals surface area contributed by atoms with Gasteiger partial charge in [-0.25, -0.2) is 4.79 Å². The number of amides is 2. The number of hydrogen-bond acceptors (Lipinski definition) is 2. The monoisotopic (exact) mass is 171 g/mol. The maximum absolute atomic E-state index is 11.3. The van der Waals surface area contributed by atoms with Crippen molar-refractivity contribution in [3.05, 3.63) is 0 Å². The molecular weight excluding hydrogens is 154 g/mol. The summed E-state index contributed by atoms with van der Waals surface area (Å²) in [6, 6.07) is 0.254. The molecule has 1 heterocycles. The van der Waals surface area contributed by atoms with Crippen LogP contribution in [0.15, 0.2) is 0 Å². The maximum atomic E-state index is 11.3. The van der Waals surface area contributed by atoms with Crippen LogP contribution in [0, 0.1) is 0 Å². The largest absolute Gasteiger partial charge is 0.341 e. The summed E-state index contributed by atoms with van der Waals surface area (Å²) < 4.78 is 0. The number of nitrogens with one attached hydrogen (secondary N) is 1. The van der Waals surface area contributed by atoms with E-state index in [1.54, 1.807) is 7.05 Å². The Morgan fingerprint density at radius 3 is 3.00 bits per heavy atom. The predicted molar refractivity (Wildman–Crippen MR) is 47.9 cm³/mol. The molecule has 0 spiro atoms. The zero-order valence-corrected chi connectivity index (χ0v) is 7.55. The first-order valence-corrected chi connectivity index (χ1v) is 4.48. The number of carbonyl (C=O) groups is 1. The summed E-state index contributed by atoms with van der Waals surface area (Å²) >= 11 is 0. The van der Waals surface area contributed by atoms with Crippen LogP contribution >= 0.6 is 0 Å². The Morgan fingerprint density at radius 2 is 2.42 bits per heavy atom. The van der Waals surface area contributed by atoms with Gasteiger partial charge >= 0.3 is 6.03 Å². The number of hydrogen-bond donors (Lipinski definition) is 2. The highest BCUT2D eigenvalue weighted by Gasteiger charge is 2.24. The molecule has 1 saturated heterocycles. The van der Waals surface area contributed by atoms with Crippen LogP contribution in [-0.2, 0) is 0 Å². The molecule has 1 atom stereocenters. The second kappa shape index (κ2) is 4.30. The van der Waals surface area contributed by atoms with E-state index in [1.807, 2.05) is 4.90 Å². The Balaban J connectivity index is 2.52. The van der Waals surface area contributed by atoms with Gasteiger partial charge in [-0.3, -0.25) is 0 Å². The van der Waals surface area contributed by atoms with Crippen molar-refractivity contribution in [1.29, 1.82) is 0 Å². The van der Waals surface area contributed by atoms with Crippen LogP contribution in [0.2, 0.25) is 0 Å². The van der Waals surface area contributed by atoms with E-state index in [0.717, 1.165) is 19.4 Å². The smallest absolute Gasteiger partial charge is 0.317 e. The number of carbonyl (C=O) groups excluding carboxylic acids is 1. The summed E-state index contributed by atoms with van der Waals surface area (Å²) in [4.78, 5) is 13.1. The minimum absolute atomic E-state index is 0.00477. The molecule has 12 heavy (non-hydrogen) atoms. The third-order valence-corrected chi connectivity index (χ3v) is 2.37. The zero-order chi connectivity index (χ0) is 8.97. The average molecular weight is 171 g/mol. The van der Waals surface area contributed by atoms with Crippen molar-refractivity contribution in [1.82, 2.24) is 10.2 Å². The number of nitrogens with two attached hydrogens (primary N) is 1. The summed E-state index contributed by atoms with van der Waals surface area (Å²) in [6.07, 6.45) is 3.34. The topological polar surface area (TPSA) is 58.4 Å². The van der Waals surface area contributed by atoms with Crippen LogP contribution in [0.5, 0.6) is 0 Å². The molecule has 1 unspecified atom stereocenters. The van der Waals surface area contributed by atoms with E-state index >= 15 is 0 Å². The van der Waals surface area contributed by atoms with Gasteiger partial charge in [0.1, 0.15) is 0 Å². The van der Waals surface area contributed by atoms with Crippen LogP contribution in [-0.4, -0.2) is 37.1 Å². The molecule has 0 bridgehead atoms. The van der Waals surface area contributed by atoms with E-state index in [1.165, 1.54) is 6.42 Å². The first-order valence-electron chi connectivity index (χ1n) is 4.48. The summed E-state index contributed by atoms with van der Waals surface area (Å²) in [7, 11) is 1.66. The van der Waals surface area contributed by atoms with Crippen molar-refractivity contribution < 1.29 is 4.79 Å². The Bertz CT molecular complexity index is 160. The van der Waals surface area contributed by atoms with Crippen molar-refractivity contribution in [2.45, 2.75) is 25.3 Å². The normalized spacial score (nSPS) is 23.8. The Kier molecular flexibility index (Phi) is 3.34.